The summed E-state index contributed by atoms with van der Waals surface area (Å²) in [4.78, 5) is 11.4. The molecule has 1 aliphatic heterocycles. The van der Waals surface area contributed by atoms with E-state index in [0.29, 0.717) is 12.4 Å². The number of hydrogen-bond donors (Lipinski definition) is 2. The standard InChI is InChI=1S/C22H33N5O.HI/c1-17-5-7-19(8-6-17)21-26-20(16-28-21)15-25-22(23-3)24-11-4-12-27-13-9-18(2)10-14-27;/h5-8,16,18H,4,9-15H2,1-3H3,(H2,23,24,25);1H. The monoisotopic (exact) mass is 511 g/mol. The molecule has 0 bridgehead atoms. The van der Waals surface area contributed by atoms with E-state index in [2.05, 4.69) is 51.5 Å². The minimum atomic E-state index is 0. The molecule has 2 aromatic rings. The van der Waals surface area contributed by atoms with Crippen molar-refractivity contribution in [1.29, 1.82) is 0 Å². The third kappa shape index (κ3) is 7.62. The lowest BCUT2D eigenvalue weighted by Crippen LogP contribution is -2.39. The zero-order valence-corrected chi connectivity index (χ0v) is 20.1. The van der Waals surface area contributed by atoms with E-state index in [4.69, 9.17) is 4.42 Å². The van der Waals surface area contributed by atoms with Crippen LogP contribution in [0.1, 0.15) is 37.4 Å². The zero-order valence-electron chi connectivity index (χ0n) is 17.8. The lowest BCUT2D eigenvalue weighted by atomic mass is 9.99. The van der Waals surface area contributed by atoms with Crippen LogP contribution in [0.5, 0.6) is 0 Å². The van der Waals surface area contributed by atoms with Gasteiger partial charge in [-0.3, -0.25) is 4.99 Å². The molecule has 0 aliphatic carbocycles. The summed E-state index contributed by atoms with van der Waals surface area (Å²) in [5, 5.41) is 6.69. The summed E-state index contributed by atoms with van der Waals surface area (Å²) in [6.45, 7) is 9.55. The number of rotatable bonds is 7. The molecule has 160 valence electrons. The first kappa shape index (κ1) is 23.7. The highest BCUT2D eigenvalue weighted by Gasteiger charge is 2.14. The Morgan fingerprint density at radius 3 is 2.62 bits per heavy atom. The molecule has 1 aromatic heterocycles. The number of guanidine groups is 1. The van der Waals surface area contributed by atoms with Crippen LogP contribution in [0.2, 0.25) is 0 Å². The molecule has 7 heteroatoms. The summed E-state index contributed by atoms with van der Waals surface area (Å²) >= 11 is 0. The number of piperidine rings is 1. The Morgan fingerprint density at radius 2 is 1.93 bits per heavy atom. The molecule has 1 saturated heterocycles. The number of oxazole rings is 1. The van der Waals surface area contributed by atoms with Crippen LogP contribution in [0.25, 0.3) is 11.5 Å². The molecule has 0 unspecified atom stereocenters. The van der Waals surface area contributed by atoms with Crippen LogP contribution >= 0.6 is 24.0 Å². The van der Waals surface area contributed by atoms with Crippen LogP contribution in [0.15, 0.2) is 39.9 Å². The average molecular weight is 511 g/mol. The van der Waals surface area contributed by atoms with Crippen LogP contribution in [-0.2, 0) is 6.54 Å². The molecule has 0 atom stereocenters. The van der Waals surface area contributed by atoms with E-state index in [1.54, 1.807) is 13.3 Å². The van der Waals surface area contributed by atoms with Crippen molar-refractivity contribution in [3.8, 4) is 11.5 Å². The third-order valence-corrected chi connectivity index (χ3v) is 5.33. The average Bonchev–Trinajstić information content (AvgIpc) is 3.18. The van der Waals surface area contributed by atoms with E-state index in [1.807, 2.05) is 12.1 Å². The predicted octanol–water partition coefficient (Wildman–Crippen LogP) is 4.06. The van der Waals surface area contributed by atoms with Gasteiger partial charge >= 0.3 is 0 Å². The molecule has 1 aliphatic rings. The van der Waals surface area contributed by atoms with Crippen molar-refractivity contribution in [2.45, 2.75) is 39.7 Å². The molecule has 6 nitrogen and oxygen atoms in total. The second-order valence-electron chi connectivity index (χ2n) is 7.74. The molecule has 1 fully saturated rings. The van der Waals surface area contributed by atoms with Gasteiger partial charge < -0.3 is 20.0 Å². The van der Waals surface area contributed by atoms with Gasteiger partial charge in [-0.25, -0.2) is 4.98 Å². The number of nitrogens with one attached hydrogen (secondary N) is 2. The predicted molar refractivity (Wildman–Crippen MR) is 130 cm³/mol. The van der Waals surface area contributed by atoms with E-state index >= 15 is 0 Å². The van der Waals surface area contributed by atoms with Crippen LogP contribution in [-0.4, -0.2) is 49.1 Å². The Bertz CT molecular complexity index is 751. The lowest BCUT2D eigenvalue weighted by Gasteiger charge is -2.30. The van der Waals surface area contributed by atoms with Crippen molar-refractivity contribution in [2.24, 2.45) is 10.9 Å². The summed E-state index contributed by atoms with van der Waals surface area (Å²) in [5.74, 6) is 2.34. The first-order valence-corrected chi connectivity index (χ1v) is 10.3. The van der Waals surface area contributed by atoms with Crippen molar-refractivity contribution in [3.63, 3.8) is 0 Å². The van der Waals surface area contributed by atoms with Gasteiger partial charge in [0, 0.05) is 19.2 Å². The van der Waals surface area contributed by atoms with Gasteiger partial charge in [0.05, 0.1) is 12.2 Å². The minimum Gasteiger partial charge on any atom is -0.444 e. The fraction of sp³-hybridized carbons (Fsp3) is 0.545. The zero-order chi connectivity index (χ0) is 19.8. The minimum absolute atomic E-state index is 0. The third-order valence-electron chi connectivity index (χ3n) is 5.33. The highest BCUT2D eigenvalue weighted by Crippen LogP contribution is 2.19. The molecule has 0 spiro atoms. The number of aryl methyl sites for hydroxylation is 1. The van der Waals surface area contributed by atoms with E-state index in [9.17, 15) is 0 Å². The normalized spacial score (nSPS) is 15.8. The maximum Gasteiger partial charge on any atom is 0.226 e. The molecule has 2 N–H and O–H groups in total. The Balaban J connectivity index is 0.00000300. The Kier molecular flexibility index (Phi) is 9.93. The summed E-state index contributed by atoms with van der Waals surface area (Å²) < 4.78 is 5.61. The van der Waals surface area contributed by atoms with Gasteiger partial charge in [-0.1, -0.05) is 24.6 Å². The second-order valence-corrected chi connectivity index (χ2v) is 7.74. The molecule has 1 aromatic carbocycles. The molecular formula is C22H34IN5O. The summed E-state index contributed by atoms with van der Waals surface area (Å²) in [5.41, 5.74) is 3.08. The van der Waals surface area contributed by atoms with E-state index in [-0.39, 0.29) is 24.0 Å². The number of likely N-dealkylation sites (tertiary alicyclic amines) is 1. The van der Waals surface area contributed by atoms with Crippen LogP contribution in [0.4, 0.5) is 0 Å². The van der Waals surface area contributed by atoms with Gasteiger partial charge in [0.1, 0.15) is 6.26 Å². The van der Waals surface area contributed by atoms with Crippen LogP contribution in [0.3, 0.4) is 0 Å². The largest absolute Gasteiger partial charge is 0.444 e. The van der Waals surface area contributed by atoms with Gasteiger partial charge in [-0.05, 0) is 63.9 Å². The number of aromatic nitrogens is 1. The summed E-state index contributed by atoms with van der Waals surface area (Å²) in [6, 6.07) is 8.19. The molecule has 0 amide bonds. The highest BCUT2D eigenvalue weighted by atomic mass is 127. The second kappa shape index (κ2) is 12.2. The first-order chi connectivity index (χ1) is 13.6. The fourth-order valence-electron chi connectivity index (χ4n) is 3.41. The maximum absolute atomic E-state index is 5.61. The first-order valence-electron chi connectivity index (χ1n) is 10.3. The molecule has 0 saturated carbocycles. The quantitative estimate of drug-likeness (QED) is 0.254. The van der Waals surface area contributed by atoms with Crippen LogP contribution < -0.4 is 10.6 Å². The summed E-state index contributed by atoms with van der Waals surface area (Å²) in [6.07, 6.45) is 5.49. The fourth-order valence-corrected chi connectivity index (χ4v) is 3.41. The van der Waals surface area contributed by atoms with Crippen molar-refractivity contribution >= 4 is 29.9 Å². The number of benzene rings is 1. The maximum atomic E-state index is 5.61. The van der Waals surface area contributed by atoms with Gasteiger partial charge in [0.2, 0.25) is 5.89 Å². The number of halogens is 1. The molecule has 2 heterocycles. The van der Waals surface area contributed by atoms with E-state index in [1.165, 1.54) is 31.5 Å². The topological polar surface area (TPSA) is 65.7 Å². The van der Waals surface area contributed by atoms with E-state index in [0.717, 1.165) is 42.6 Å². The highest BCUT2D eigenvalue weighted by molar-refractivity contribution is 14.0. The van der Waals surface area contributed by atoms with E-state index < -0.39 is 0 Å². The van der Waals surface area contributed by atoms with Gasteiger partial charge in [0.15, 0.2) is 5.96 Å². The Morgan fingerprint density at radius 1 is 1.21 bits per heavy atom. The van der Waals surface area contributed by atoms with Crippen molar-refractivity contribution < 1.29 is 4.42 Å². The molecule has 0 radical (unpaired) electrons. The summed E-state index contributed by atoms with van der Waals surface area (Å²) in [7, 11) is 1.79. The van der Waals surface area contributed by atoms with Crippen molar-refractivity contribution in [3.05, 3.63) is 41.8 Å². The SMILES string of the molecule is CN=C(NCCCN1CCC(C)CC1)NCc1coc(-c2ccc(C)cc2)n1.I. The van der Waals surface area contributed by atoms with Crippen molar-refractivity contribution in [2.75, 3.05) is 33.2 Å². The number of nitrogens with zero attached hydrogens (tertiary/aromatic N) is 3. The van der Waals surface area contributed by atoms with Crippen LogP contribution in [0, 0.1) is 12.8 Å². The van der Waals surface area contributed by atoms with Gasteiger partial charge in [-0.15, -0.1) is 24.0 Å². The molecular weight excluding hydrogens is 477 g/mol. The Labute approximate surface area is 191 Å². The molecule has 3 rings (SSSR count). The van der Waals surface area contributed by atoms with Gasteiger partial charge in [0.25, 0.3) is 0 Å². The smallest absolute Gasteiger partial charge is 0.226 e. The Hall–Kier alpha value is -1.61. The molecule has 29 heavy (non-hydrogen) atoms. The number of hydrogen-bond acceptors (Lipinski definition) is 4. The lowest BCUT2D eigenvalue weighted by molar-refractivity contribution is 0.191. The van der Waals surface area contributed by atoms with Gasteiger partial charge in [-0.2, -0.15) is 0 Å². The number of aliphatic imine (C=N–C) groups is 1. The van der Waals surface area contributed by atoms with Crippen molar-refractivity contribution in [1.82, 2.24) is 20.5 Å².